The zero-order valence-corrected chi connectivity index (χ0v) is 13.6. The molecule has 0 fully saturated rings. The molecule has 0 aromatic heterocycles. The standard InChI is InChI=1S/C16H11BrF2O5/c17-10-3-6-13(20)12(7-10)15(22)23-8-14(21)9-1-4-11(5-2-9)24-16(18)19/h1-7,16,20H,8H2. The normalized spacial score (nSPS) is 10.5. The van der Waals surface area contributed by atoms with E-state index in [0.717, 1.165) is 0 Å². The van der Waals surface area contributed by atoms with Crippen LogP contribution in [0.25, 0.3) is 0 Å². The van der Waals surface area contributed by atoms with E-state index in [1.165, 1.54) is 36.4 Å². The second-order valence-electron chi connectivity index (χ2n) is 4.56. The Morgan fingerprint density at radius 3 is 2.42 bits per heavy atom. The molecule has 0 heterocycles. The zero-order chi connectivity index (χ0) is 17.7. The van der Waals surface area contributed by atoms with E-state index in [0.29, 0.717) is 4.47 Å². The van der Waals surface area contributed by atoms with Crippen molar-refractivity contribution in [2.75, 3.05) is 6.61 Å². The molecule has 0 aliphatic carbocycles. The molecule has 0 saturated heterocycles. The van der Waals surface area contributed by atoms with Gasteiger partial charge in [0.25, 0.3) is 0 Å². The average Bonchev–Trinajstić information content (AvgIpc) is 2.54. The van der Waals surface area contributed by atoms with Crippen molar-refractivity contribution in [3.8, 4) is 11.5 Å². The molecule has 0 radical (unpaired) electrons. The van der Waals surface area contributed by atoms with Crippen LogP contribution in [0.5, 0.6) is 11.5 Å². The third kappa shape index (κ3) is 4.76. The third-order valence-corrected chi connectivity index (χ3v) is 3.41. The van der Waals surface area contributed by atoms with E-state index in [9.17, 15) is 23.5 Å². The van der Waals surface area contributed by atoms with Crippen LogP contribution in [0.3, 0.4) is 0 Å². The topological polar surface area (TPSA) is 72.8 Å². The van der Waals surface area contributed by atoms with Crippen molar-refractivity contribution in [1.29, 1.82) is 0 Å². The second kappa shape index (κ2) is 7.87. The van der Waals surface area contributed by atoms with Crippen LogP contribution >= 0.6 is 15.9 Å². The molecule has 0 amide bonds. The van der Waals surface area contributed by atoms with E-state index in [1.54, 1.807) is 6.07 Å². The molecule has 0 atom stereocenters. The minimum atomic E-state index is -2.95. The predicted octanol–water partition coefficient (Wildman–Crippen LogP) is 3.80. The van der Waals surface area contributed by atoms with Crippen LogP contribution in [0.2, 0.25) is 0 Å². The van der Waals surface area contributed by atoms with Gasteiger partial charge in [-0.15, -0.1) is 0 Å². The molecule has 0 aliphatic heterocycles. The Hall–Kier alpha value is -2.48. The van der Waals surface area contributed by atoms with Gasteiger partial charge in [-0.05, 0) is 42.5 Å². The number of rotatable bonds is 6. The van der Waals surface area contributed by atoms with Gasteiger partial charge in [0.15, 0.2) is 12.4 Å². The van der Waals surface area contributed by atoms with Crippen molar-refractivity contribution in [3.05, 3.63) is 58.1 Å². The Kier molecular flexibility index (Phi) is 5.86. The lowest BCUT2D eigenvalue weighted by Gasteiger charge is -2.07. The molecular formula is C16H11BrF2O5. The van der Waals surface area contributed by atoms with E-state index >= 15 is 0 Å². The van der Waals surface area contributed by atoms with E-state index in [-0.39, 0.29) is 22.6 Å². The number of phenols is 1. The van der Waals surface area contributed by atoms with Gasteiger partial charge in [0.1, 0.15) is 17.1 Å². The number of carbonyl (C=O) groups is 2. The molecule has 0 bridgehead atoms. The molecule has 24 heavy (non-hydrogen) atoms. The van der Waals surface area contributed by atoms with Gasteiger partial charge in [0.2, 0.25) is 0 Å². The first-order chi connectivity index (χ1) is 11.4. The van der Waals surface area contributed by atoms with Crippen molar-refractivity contribution in [2.45, 2.75) is 6.61 Å². The van der Waals surface area contributed by atoms with E-state index in [1.807, 2.05) is 0 Å². The fraction of sp³-hybridized carbons (Fsp3) is 0.125. The molecule has 8 heteroatoms. The summed E-state index contributed by atoms with van der Waals surface area (Å²) in [6, 6.07) is 9.20. The van der Waals surface area contributed by atoms with Crippen molar-refractivity contribution in [3.63, 3.8) is 0 Å². The van der Waals surface area contributed by atoms with Crippen molar-refractivity contribution in [1.82, 2.24) is 0 Å². The quantitative estimate of drug-likeness (QED) is 0.589. The van der Waals surface area contributed by atoms with Gasteiger partial charge < -0.3 is 14.6 Å². The monoisotopic (exact) mass is 400 g/mol. The molecule has 0 aliphatic rings. The molecular weight excluding hydrogens is 390 g/mol. The number of aromatic hydroxyl groups is 1. The minimum absolute atomic E-state index is 0.0853. The van der Waals surface area contributed by atoms with Gasteiger partial charge >= 0.3 is 12.6 Å². The van der Waals surface area contributed by atoms with Crippen LogP contribution in [0.1, 0.15) is 20.7 Å². The van der Waals surface area contributed by atoms with E-state index in [4.69, 9.17) is 4.74 Å². The summed E-state index contributed by atoms with van der Waals surface area (Å²) in [7, 11) is 0. The first-order valence-electron chi connectivity index (χ1n) is 6.60. The molecule has 2 aromatic rings. The Morgan fingerprint density at radius 1 is 1.12 bits per heavy atom. The number of hydrogen-bond donors (Lipinski definition) is 1. The maximum atomic E-state index is 12.0. The van der Waals surface area contributed by atoms with Gasteiger partial charge in [0.05, 0.1) is 0 Å². The van der Waals surface area contributed by atoms with Crippen LogP contribution in [-0.2, 0) is 4.74 Å². The Morgan fingerprint density at radius 2 is 1.79 bits per heavy atom. The molecule has 0 saturated carbocycles. The SMILES string of the molecule is O=C(COC(=O)c1cc(Br)ccc1O)c1ccc(OC(F)F)cc1. The molecule has 5 nitrogen and oxygen atoms in total. The van der Waals surface area contributed by atoms with E-state index in [2.05, 4.69) is 20.7 Å². The number of phenolic OH excluding ortho intramolecular Hbond substituents is 1. The first kappa shape index (κ1) is 17.9. The third-order valence-electron chi connectivity index (χ3n) is 2.91. The van der Waals surface area contributed by atoms with Gasteiger partial charge in [-0.2, -0.15) is 8.78 Å². The van der Waals surface area contributed by atoms with E-state index < -0.39 is 25.0 Å². The smallest absolute Gasteiger partial charge is 0.387 e. The molecule has 2 aromatic carbocycles. The largest absolute Gasteiger partial charge is 0.507 e. The van der Waals surface area contributed by atoms with Gasteiger partial charge in [-0.3, -0.25) is 4.79 Å². The average molecular weight is 401 g/mol. The fourth-order valence-corrected chi connectivity index (χ4v) is 2.15. The van der Waals surface area contributed by atoms with Crippen molar-refractivity contribution in [2.24, 2.45) is 0 Å². The van der Waals surface area contributed by atoms with Crippen LogP contribution in [0, 0.1) is 0 Å². The highest BCUT2D eigenvalue weighted by Crippen LogP contribution is 2.22. The Labute approximate surface area is 143 Å². The minimum Gasteiger partial charge on any atom is -0.507 e. The molecule has 1 N–H and O–H groups in total. The summed E-state index contributed by atoms with van der Waals surface area (Å²) in [5.74, 6) is -1.75. The highest BCUT2D eigenvalue weighted by atomic mass is 79.9. The fourth-order valence-electron chi connectivity index (χ4n) is 1.79. The second-order valence-corrected chi connectivity index (χ2v) is 5.48. The summed E-state index contributed by atoms with van der Waals surface area (Å²) in [4.78, 5) is 23.8. The molecule has 126 valence electrons. The molecule has 0 unspecified atom stereocenters. The predicted molar refractivity (Wildman–Crippen MR) is 83.5 cm³/mol. The van der Waals surface area contributed by atoms with Gasteiger partial charge in [-0.25, -0.2) is 4.79 Å². The number of halogens is 3. The highest BCUT2D eigenvalue weighted by molar-refractivity contribution is 9.10. The number of hydrogen-bond acceptors (Lipinski definition) is 5. The summed E-state index contributed by atoms with van der Waals surface area (Å²) < 4.78 is 33.7. The number of esters is 1. The first-order valence-corrected chi connectivity index (χ1v) is 7.40. The number of carbonyl (C=O) groups excluding carboxylic acids is 2. The van der Waals surface area contributed by atoms with Crippen LogP contribution in [0.4, 0.5) is 8.78 Å². The van der Waals surface area contributed by atoms with Gasteiger partial charge in [0, 0.05) is 10.0 Å². The lowest BCUT2D eigenvalue weighted by Crippen LogP contribution is -2.14. The number of ether oxygens (including phenoxy) is 2. The molecule has 2 rings (SSSR count). The maximum Gasteiger partial charge on any atom is 0.387 e. The summed E-state index contributed by atoms with van der Waals surface area (Å²) in [5, 5.41) is 9.61. The lowest BCUT2D eigenvalue weighted by atomic mass is 10.1. The number of Topliss-reactive ketones (excluding diaryl/α,β-unsaturated/α-hetero) is 1. The van der Waals surface area contributed by atoms with Crippen molar-refractivity contribution >= 4 is 27.7 Å². The number of benzene rings is 2. The lowest BCUT2D eigenvalue weighted by molar-refractivity contribution is -0.0498. The van der Waals surface area contributed by atoms with Crippen LogP contribution in [0.15, 0.2) is 46.9 Å². The maximum absolute atomic E-state index is 12.0. The summed E-state index contributed by atoms with van der Waals surface area (Å²) >= 11 is 3.15. The highest BCUT2D eigenvalue weighted by Gasteiger charge is 2.16. The zero-order valence-electron chi connectivity index (χ0n) is 12.0. The Balaban J connectivity index is 1.97. The Bertz CT molecular complexity index is 747. The van der Waals surface area contributed by atoms with Gasteiger partial charge in [-0.1, -0.05) is 15.9 Å². The van der Waals surface area contributed by atoms with Crippen molar-refractivity contribution < 1.29 is 33.0 Å². The van der Waals surface area contributed by atoms with Crippen LogP contribution < -0.4 is 4.74 Å². The summed E-state index contributed by atoms with van der Waals surface area (Å²) in [6.07, 6.45) is 0. The number of ketones is 1. The van der Waals surface area contributed by atoms with Crippen LogP contribution in [-0.4, -0.2) is 30.1 Å². The summed E-state index contributed by atoms with van der Waals surface area (Å²) in [6.45, 7) is -3.51. The summed E-state index contributed by atoms with van der Waals surface area (Å²) in [5.41, 5.74) is 0.0840. The molecule has 0 spiro atoms. The number of alkyl halides is 2.